The smallest absolute Gasteiger partial charge is 0.0198 e. The van der Waals surface area contributed by atoms with Gasteiger partial charge in [0.1, 0.15) is 0 Å². The summed E-state index contributed by atoms with van der Waals surface area (Å²) in [6.45, 7) is 5.46. The number of rotatable bonds is 7. The highest BCUT2D eigenvalue weighted by Gasteiger charge is 2.33. The number of nitrogens with zero attached hydrogens (tertiary/aromatic N) is 1. The van der Waals surface area contributed by atoms with Crippen molar-refractivity contribution < 1.29 is 0 Å². The van der Waals surface area contributed by atoms with Crippen molar-refractivity contribution in [2.75, 3.05) is 26.2 Å². The van der Waals surface area contributed by atoms with Gasteiger partial charge in [0.15, 0.2) is 0 Å². The third-order valence-corrected chi connectivity index (χ3v) is 6.64. The summed E-state index contributed by atoms with van der Waals surface area (Å²) < 4.78 is 0. The van der Waals surface area contributed by atoms with Crippen molar-refractivity contribution in [3.8, 4) is 0 Å². The summed E-state index contributed by atoms with van der Waals surface area (Å²) in [6.07, 6.45) is 15.0. The monoisotopic (exact) mass is 290 g/mol. The first kappa shape index (κ1) is 14.5. The molecule has 2 heteroatoms. The van der Waals surface area contributed by atoms with Crippen LogP contribution >= 0.6 is 0 Å². The summed E-state index contributed by atoms with van der Waals surface area (Å²) >= 11 is 0. The third kappa shape index (κ3) is 4.01. The maximum absolute atomic E-state index is 3.94. The Morgan fingerprint density at radius 2 is 1.52 bits per heavy atom. The lowest BCUT2D eigenvalue weighted by molar-refractivity contribution is 0.0933. The maximum atomic E-state index is 3.94. The Labute approximate surface area is 131 Å². The van der Waals surface area contributed by atoms with Crippen LogP contribution in [0.5, 0.6) is 0 Å². The Balaban J connectivity index is 1.27. The third-order valence-electron chi connectivity index (χ3n) is 6.64. The van der Waals surface area contributed by atoms with E-state index in [4.69, 9.17) is 0 Å². The minimum atomic E-state index is 0.795. The molecule has 0 aromatic heterocycles. The molecule has 2 nitrogen and oxygen atoms in total. The topological polar surface area (TPSA) is 15.3 Å². The van der Waals surface area contributed by atoms with Crippen molar-refractivity contribution in [3.05, 3.63) is 0 Å². The average molecular weight is 290 g/mol. The molecule has 21 heavy (non-hydrogen) atoms. The van der Waals surface area contributed by atoms with E-state index in [0.717, 1.165) is 29.7 Å². The van der Waals surface area contributed by atoms with E-state index in [2.05, 4.69) is 10.2 Å². The normalized spacial score (nSPS) is 35.4. The molecule has 1 heterocycles. The predicted octanol–water partition coefficient (Wildman–Crippen LogP) is 3.67. The molecular formula is C19H34N2. The van der Waals surface area contributed by atoms with Gasteiger partial charge in [-0.25, -0.2) is 0 Å². The van der Waals surface area contributed by atoms with Crippen molar-refractivity contribution in [3.63, 3.8) is 0 Å². The summed E-state index contributed by atoms with van der Waals surface area (Å²) in [5.41, 5.74) is 0. The molecule has 4 fully saturated rings. The lowest BCUT2D eigenvalue weighted by atomic mass is 9.82. The molecule has 1 saturated heterocycles. The number of likely N-dealkylation sites (tertiary alicyclic amines) is 1. The molecule has 0 spiro atoms. The van der Waals surface area contributed by atoms with Crippen LogP contribution in [0.4, 0.5) is 0 Å². The summed E-state index contributed by atoms with van der Waals surface area (Å²) in [4.78, 5) is 2.83. The second kappa shape index (κ2) is 6.58. The van der Waals surface area contributed by atoms with E-state index >= 15 is 0 Å². The van der Waals surface area contributed by atoms with Gasteiger partial charge in [0, 0.05) is 25.7 Å². The van der Waals surface area contributed by atoms with Crippen molar-refractivity contribution >= 4 is 0 Å². The molecule has 0 aromatic rings. The van der Waals surface area contributed by atoms with Crippen molar-refractivity contribution in [2.24, 2.45) is 23.7 Å². The van der Waals surface area contributed by atoms with Crippen molar-refractivity contribution in [1.82, 2.24) is 10.2 Å². The van der Waals surface area contributed by atoms with Gasteiger partial charge in [-0.15, -0.1) is 0 Å². The first-order chi connectivity index (χ1) is 10.3. The molecule has 0 bridgehead atoms. The second-order valence-electron chi connectivity index (χ2n) is 8.70. The van der Waals surface area contributed by atoms with E-state index in [1.807, 2.05) is 0 Å². The van der Waals surface area contributed by atoms with Crippen molar-refractivity contribution in [2.45, 2.75) is 70.3 Å². The average Bonchev–Trinajstić information content (AvgIpc) is 3.16. The van der Waals surface area contributed by atoms with E-state index in [1.165, 1.54) is 90.4 Å². The van der Waals surface area contributed by atoms with Gasteiger partial charge >= 0.3 is 0 Å². The highest BCUT2D eigenvalue weighted by molar-refractivity contribution is 4.89. The quantitative estimate of drug-likeness (QED) is 0.769. The highest BCUT2D eigenvalue weighted by atomic mass is 15.2. The summed E-state index contributed by atoms with van der Waals surface area (Å²) in [5.74, 6) is 4.14. The Bertz CT molecular complexity index is 330. The van der Waals surface area contributed by atoms with Crippen LogP contribution in [0.2, 0.25) is 0 Å². The maximum Gasteiger partial charge on any atom is 0.0198 e. The Kier molecular flexibility index (Phi) is 4.55. The molecule has 120 valence electrons. The van der Waals surface area contributed by atoms with Crippen molar-refractivity contribution in [1.29, 1.82) is 0 Å². The van der Waals surface area contributed by atoms with Gasteiger partial charge in [-0.1, -0.05) is 25.7 Å². The Morgan fingerprint density at radius 3 is 2.14 bits per heavy atom. The first-order valence-corrected chi connectivity index (χ1v) is 9.81. The van der Waals surface area contributed by atoms with E-state index in [9.17, 15) is 0 Å². The van der Waals surface area contributed by atoms with E-state index in [-0.39, 0.29) is 0 Å². The standard InChI is InChI=1S/C19H34N2/c1-3-16(4-1)11-20-19-10-18(9-15-7-8-15)13-21(14-19)12-17-5-2-6-17/h15-20H,1-14H2. The Hall–Kier alpha value is -0.0800. The molecule has 4 aliphatic rings. The van der Waals surface area contributed by atoms with Crippen LogP contribution in [0.3, 0.4) is 0 Å². The molecule has 2 unspecified atom stereocenters. The molecule has 0 amide bonds. The van der Waals surface area contributed by atoms with Crippen LogP contribution in [0.15, 0.2) is 0 Å². The number of nitrogens with one attached hydrogen (secondary N) is 1. The molecule has 3 saturated carbocycles. The fourth-order valence-corrected chi connectivity index (χ4v) is 4.67. The van der Waals surface area contributed by atoms with E-state index in [0.29, 0.717) is 0 Å². The van der Waals surface area contributed by atoms with Gasteiger partial charge in [-0.2, -0.15) is 0 Å². The minimum Gasteiger partial charge on any atom is -0.312 e. The zero-order valence-corrected chi connectivity index (χ0v) is 13.7. The Morgan fingerprint density at radius 1 is 0.762 bits per heavy atom. The van der Waals surface area contributed by atoms with Crippen LogP contribution in [0.25, 0.3) is 0 Å². The van der Waals surface area contributed by atoms with Gasteiger partial charge in [-0.05, 0) is 68.7 Å². The predicted molar refractivity (Wildman–Crippen MR) is 88.4 cm³/mol. The van der Waals surface area contributed by atoms with Crippen LogP contribution in [0.1, 0.15) is 64.2 Å². The summed E-state index contributed by atoms with van der Waals surface area (Å²) in [5, 5.41) is 3.94. The van der Waals surface area contributed by atoms with Gasteiger partial charge in [-0.3, -0.25) is 0 Å². The van der Waals surface area contributed by atoms with Crippen LogP contribution < -0.4 is 5.32 Å². The fraction of sp³-hybridized carbons (Fsp3) is 1.00. The van der Waals surface area contributed by atoms with Gasteiger partial charge < -0.3 is 10.2 Å². The summed E-state index contributed by atoms with van der Waals surface area (Å²) in [7, 11) is 0. The number of hydrogen-bond acceptors (Lipinski definition) is 2. The summed E-state index contributed by atoms with van der Waals surface area (Å²) in [6, 6.07) is 0.795. The van der Waals surface area contributed by atoms with Gasteiger partial charge in [0.05, 0.1) is 0 Å². The SMILES string of the molecule is C1CC(CNC2CC(CC3CC3)CN(CC3CCC3)C2)C1. The first-order valence-electron chi connectivity index (χ1n) is 9.81. The lowest BCUT2D eigenvalue weighted by Gasteiger charge is -2.42. The molecule has 4 rings (SSSR count). The molecule has 2 atom stereocenters. The fourth-order valence-electron chi connectivity index (χ4n) is 4.67. The molecule has 0 aromatic carbocycles. The molecular weight excluding hydrogens is 256 g/mol. The van der Waals surface area contributed by atoms with Crippen LogP contribution in [-0.4, -0.2) is 37.1 Å². The lowest BCUT2D eigenvalue weighted by Crippen LogP contribution is -2.52. The van der Waals surface area contributed by atoms with Crippen LogP contribution in [0, 0.1) is 23.7 Å². The van der Waals surface area contributed by atoms with Crippen LogP contribution in [-0.2, 0) is 0 Å². The zero-order valence-electron chi connectivity index (χ0n) is 13.7. The molecule has 1 aliphatic heterocycles. The largest absolute Gasteiger partial charge is 0.312 e. The molecule has 0 radical (unpaired) electrons. The molecule has 1 N–H and O–H groups in total. The minimum absolute atomic E-state index is 0.795. The number of hydrogen-bond donors (Lipinski definition) is 1. The zero-order chi connectivity index (χ0) is 14.1. The number of piperidine rings is 1. The van der Waals surface area contributed by atoms with E-state index < -0.39 is 0 Å². The van der Waals surface area contributed by atoms with Gasteiger partial charge in [0.2, 0.25) is 0 Å². The second-order valence-corrected chi connectivity index (χ2v) is 8.70. The highest BCUT2D eigenvalue weighted by Crippen LogP contribution is 2.38. The van der Waals surface area contributed by atoms with Gasteiger partial charge in [0.25, 0.3) is 0 Å². The molecule has 3 aliphatic carbocycles. The van der Waals surface area contributed by atoms with E-state index in [1.54, 1.807) is 0 Å².